The summed E-state index contributed by atoms with van der Waals surface area (Å²) in [6.07, 6.45) is 2.70. The van der Waals surface area contributed by atoms with Gasteiger partial charge in [-0.2, -0.15) is 18.4 Å². The summed E-state index contributed by atoms with van der Waals surface area (Å²) >= 11 is 0. The Balaban J connectivity index is 0.912. The molecule has 3 aliphatic heterocycles. The molecule has 2 aromatic heterocycles. The van der Waals surface area contributed by atoms with Gasteiger partial charge in [0.05, 0.1) is 11.9 Å². The number of piperazine rings is 1. The Morgan fingerprint density at radius 2 is 1.69 bits per heavy atom. The number of nitriles is 1. The summed E-state index contributed by atoms with van der Waals surface area (Å²) in [6.45, 7) is 15.3. The van der Waals surface area contributed by atoms with E-state index in [4.69, 9.17) is 0 Å². The summed E-state index contributed by atoms with van der Waals surface area (Å²) < 4.78 is 41.4. The maximum absolute atomic E-state index is 13.1. The normalized spacial score (nSPS) is 18.6. The molecule has 0 N–H and O–H groups in total. The largest absolute Gasteiger partial charge is 0.393 e. The number of hydrogen-bond donors (Lipinski definition) is 0. The third-order valence-electron chi connectivity index (χ3n) is 11.0. The van der Waals surface area contributed by atoms with Crippen LogP contribution in [0.3, 0.4) is 0 Å². The monoisotopic (exact) mass is 711 g/mol. The van der Waals surface area contributed by atoms with Crippen LogP contribution in [0.5, 0.6) is 0 Å². The smallest absolute Gasteiger partial charge is 0.369 e. The van der Waals surface area contributed by atoms with Crippen LogP contribution in [0.15, 0.2) is 73.2 Å². The third-order valence-corrected chi connectivity index (χ3v) is 11.0. The first-order valence-corrected chi connectivity index (χ1v) is 18.2. The molecule has 1 spiro atoms. The minimum atomic E-state index is -4.26. The van der Waals surface area contributed by atoms with Gasteiger partial charge in [-0.15, -0.1) is 0 Å². The molecule has 3 aliphatic rings. The van der Waals surface area contributed by atoms with Crippen LogP contribution in [-0.2, 0) is 19.5 Å². The van der Waals surface area contributed by atoms with Crippen molar-refractivity contribution in [2.45, 2.75) is 38.5 Å². The van der Waals surface area contributed by atoms with Crippen molar-refractivity contribution in [1.29, 1.82) is 5.26 Å². The van der Waals surface area contributed by atoms with Gasteiger partial charge in [0, 0.05) is 92.8 Å². The molecular formula is C40H48F3N9. The van der Waals surface area contributed by atoms with Crippen LogP contribution < -0.4 is 4.90 Å². The first-order chi connectivity index (χ1) is 25.0. The molecule has 0 unspecified atom stereocenters. The van der Waals surface area contributed by atoms with Crippen LogP contribution in [0.25, 0.3) is 21.8 Å². The van der Waals surface area contributed by atoms with Crippen LogP contribution >= 0.6 is 0 Å². The van der Waals surface area contributed by atoms with Gasteiger partial charge in [0.2, 0.25) is 0 Å². The van der Waals surface area contributed by atoms with E-state index in [-0.39, 0.29) is 11.0 Å². The van der Waals surface area contributed by atoms with Gasteiger partial charge in [-0.3, -0.25) is 9.80 Å². The standard InChI is InChI=1S/C40H48F3N9/c1-30(5-4-12-47(2)3)50-18-15-48(16-19-50)17-20-52-34(25-44)23-33-21-32(7-9-37(33)52)26-49-13-10-39(11-14-49)27-51(28-39)38-35-22-31(24-40(41,42)43)6-8-36(35)45-29-46-38/h4-9,21-23,29H,1,10-20,24,26-28H2,2-3H3/b5-4+. The van der Waals surface area contributed by atoms with E-state index in [2.05, 4.69) is 96.1 Å². The average molecular weight is 712 g/mol. The van der Waals surface area contributed by atoms with Crippen molar-refractivity contribution in [3.8, 4) is 6.07 Å². The number of allylic oxidation sites excluding steroid dienone is 1. The van der Waals surface area contributed by atoms with Crippen LogP contribution in [0.1, 0.15) is 29.7 Å². The maximum Gasteiger partial charge on any atom is 0.393 e. The summed E-state index contributed by atoms with van der Waals surface area (Å²) in [5, 5.41) is 11.8. The number of fused-ring (bicyclic) bond motifs is 2. The number of halogens is 3. The molecular weight excluding hydrogens is 663 g/mol. The Kier molecular flexibility index (Phi) is 10.3. The molecule has 0 radical (unpaired) electrons. The predicted molar refractivity (Wildman–Crippen MR) is 200 cm³/mol. The number of piperidine rings is 1. The first-order valence-electron chi connectivity index (χ1n) is 18.2. The van der Waals surface area contributed by atoms with Crippen molar-refractivity contribution < 1.29 is 13.2 Å². The molecule has 12 heteroatoms. The third kappa shape index (κ3) is 8.12. The number of rotatable bonds is 11. The molecule has 7 rings (SSSR count). The number of benzene rings is 2. The van der Waals surface area contributed by atoms with Crippen molar-refractivity contribution in [3.05, 3.63) is 90.0 Å². The van der Waals surface area contributed by atoms with Crippen LogP contribution in [0.4, 0.5) is 19.0 Å². The van der Waals surface area contributed by atoms with E-state index in [1.807, 2.05) is 6.07 Å². The van der Waals surface area contributed by atoms with E-state index in [9.17, 15) is 18.4 Å². The Hall–Kier alpha value is -4.44. The predicted octanol–water partition coefficient (Wildman–Crippen LogP) is 5.91. The van der Waals surface area contributed by atoms with Crippen molar-refractivity contribution in [3.63, 3.8) is 0 Å². The molecule has 52 heavy (non-hydrogen) atoms. The quantitative estimate of drug-likeness (QED) is 0.178. The van der Waals surface area contributed by atoms with Gasteiger partial charge in [0.15, 0.2) is 0 Å². The zero-order chi connectivity index (χ0) is 36.5. The lowest BCUT2D eigenvalue weighted by molar-refractivity contribution is -0.127. The lowest BCUT2D eigenvalue weighted by Gasteiger charge is -2.54. The van der Waals surface area contributed by atoms with Gasteiger partial charge in [0.25, 0.3) is 0 Å². The molecule has 3 fully saturated rings. The second-order valence-corrected chi connectivity index (χ2v) is 15.1. The second kappa shape index (κ2) is 14.9. The average Bonchev–Trinajstić information content (AvgIpc) is 3.46. The Bertz CT molecular complexity index is 1970. The minimum Gasteiger partial charge on any atom is -0.369 e. The Labute approximate surface area is 304 Å². The molecule has 0 aliphatic carbocycles. The molecule has 3 saturated heterocycles. The minimum absolute atomic E-state index is 0.198. The van der Waals surface area contributed by atoms with Crippen molar-refractivity contribution in [2.75, 3.05) is 84.4 Å². The summed E-state index contributed by atoms with van der Waals surface area (Å²) in [4.78, 5) is 20.5. The van der Waals surface area contributed by atoms with Crippen LogP contribution in [0, 0.1) is 16.7 Å². The molecule has 0 bridgehead atoms. The van der Waals surface area contributed by atoms with E-state index < -0.39 is 12.6 Å². The molecule has 0 atom stereocenters. The zero-order valence-corrected chi connectivity index (χ0v) is 30.2. The van der Waals surface area contributed by atoms with Gasteiger partial charge >= 0.3 is 6.18 Å². The molecule has 2 aromatic carbocycles. The molecule has 5 heterocycles. The number of alkyl halides is 3. The van der Waals surface area contributed by atoms with Gasteiger partial charge in [-0.25, -0.2) is 9.97 Å². The Morgan fingerprint density at radius 3 is 2.40 bits per heavy atom. The lowest BCUT2D eigenvalue weighted by atomic mass is 9.72. The van der Waals surface area contributed by atoms with Gasteiger partial charge in [-0.05, 0) is 87.6 Å². The molecule has 9 nitrogen and oxygen atoms in total. The molecule has 0 saturated carbocycles. The van der Waals surface area contributed by atoms with Gasteiger partial charge in [0.1, 0.15) is 23.9 Å². The lowest BCUT2D eigenvalue weighted by Crippen LogP contribution is -2.60. The highest BCUT2D eigenvalue weighted by molar-refractivity contribution is 5.90. The second-order valence-electron chi connectivity index (χ2n) is 15.1. The number of likely N-dealkylation sites (N-methyl/N-ethyl adjacent to an activating group) is 1. The number of nitrogens with zero attached hydrogens (tertiary/aromatic N) is 9. The van der Waals surface area contributed by atoms with E-state index in [0.29, 0.717) is 16.6 Å². The fraction of sp³-hybridized carbons (Fsp3) is 0.475. The first kappa shape index (κ1) is 35.9. The van der Waals surface area contributed by atoms with Crippen molar-refractivity contribution >= 4 is 27.6 Å². The van der Waals surface area contributed by atoms with Gasteiger partial charge < -0.3 is 19.3 Å². The summed E-state index contributed by atoms with van der Waals surface area (Å²) in [6, 6.07) is 15.8. The van der Waals surface area contributed by atoms with E-state index in [0.717, 1.165) is 114 Å². The number of hydrogen-bond acceptors (Lipinski definition) is 8. The highest BCUT2D eigenvalue weighted by Gasteiger charge is 2.45. The summed E-state index contributed by atoms with van der Waals surface area (Å²) in [5.41, 5.74) is 5.22. The zero-order valence-electron chi connectivity index (χ0n) is 30.2. The summed E-state index contributed by atoms with van der Waals surface area (Å²) in [5.74, 6) is 0.729. The van der Waals surface area contributed by atoms with E-state index in [1.54, 1.807) is 12.1 Å². The molecule has 274 valence electrons. The highest BCUT2D eigenvalue weighted by Crippen LogP contribution is 2.44. The fourth-order valence-electron chi connectivity index (χ4n) is 8.11. The van der Waals surface area contributed by atoms with Gasteiger partial charge in [-0.1, -0.05) is 24.8 Å². The van der Waals surface area contributed by atoms with E-state index >= 15 is 0 Å². The molecule has 0 amide bonds. The van der Waals surface area contributed by atoms with Crippen LogP contribution in [-0.4, -0.2) is 120 Å². The summed E-state index contributed by atoms with van der Waals surface area (Å²) in [7, 11) is 4.12. The number of aromatic nitrogens is 3. The van der Waals surface area contributed by atoms with E-state index in [1.165, 1.54) is 18.0 Å². The highest BCUT2D eigenvalue weighted by atomic mass is 19.4. The Morgan fingerprint density at radius 1 is 0.942 bits per heavy atom. The number of likely N-dealkylation sites (tertiary alicyclic amines) is 1. The SMILES string of the molecule is C=C(/C=C/CN(C)C)N1CCN(CCn2c(C#N)cc3cc(CN4CCC5(CC4)CN(c4ncnc6ccc(CC(F)(F)F)cc46)C5)ccc32)CC1. The van der Waals surface area contributed by atoms with Crippen molar-refractivity contribution in [2.24, 2.45) is 5.41 Å². The molecule has 4 aromatic rings. The maximum atomic E-state index is 13.1. The van der Waals surface area contributed by atoms with Crippen molar-refractivity contribution in [1.82, 2.24) is 34.1 Å². The number of anilines is 1. The topological polar surface area (TPSA) is 70.7 Å². The fourth-order valence-corrected chi connectivity index (χ4v) is 8.11. The van der Waals surface area contributed by atoms with Crippen LogP contribution in [0.2, 0.25) is 0 Å².